The molecule has 6 nitrogen and oxygen atoms in total. The van der Waals surface area contributed by atoms with E-state index < -0.39 is 0 Å². The number of rotatable bonds is 7. The Labute approximate surface area is 180 Å². The molecule has 1 aromatic rings. The number of nitrogens with one attached hydrogen (secondary N) is 2. The highest BCUT2D eigenvalue weighted by Gasteiger charge is 2.26. The molecule has 7 heteroatoms. The highest BCUT2D eigenvalue weighted by Crippen LogP contribution is 2.28. The first kappa shape index (κ1) is 23.5. The Morgan fingerprint density at radius 1 is 1.37 bits per heavy atom. The molecule has 1 aromatic carbocycles. The van der Waals surface area contributed by atoms with Crippen LogP contribution < -0.4 is 15.4 Å². The topological polar surface area (TPSA) is 66.0 Å². The SMILES string of the molecule is CCC(C)NC(=O)CCNC(=NC)N1CCC(c2ccc(OC)cc2)C1.I. The summed E-state index contributed by atoms with van der Waals surface area (Å²) in [7, 11) is 3.48. The third-order valence-corrected chi connectivity index (χ3v) is 4.94. The minimum atomic E-state index is 0. The number of hydrogen-bond donors (Lipinski definition) is 2. The van der Waals surface area contributed by atoms with Crippen LogP contribution in [0, 0.1) is 0 Å². The van der Waals surface area contributed by atoms with Gasteiger partial charge >= 0.3 is 0 Å². The van der Waals surface area contributed by atoms with Crippen molar-refractivity contribution in [3.05, 3.63) is 29.8 Å². The van der Waals surface area contributed by atoms with Gasteiger partial charge in [-0.25, -0.2) is 0 Å². The number of methoxy groups -OCH3 is 1. The van der Waals surface area contributed by atoms with E-state index in [-0.39, 0.29) is 35.9 Å². The molecule has 0 saturated carbocycles. The fraction of sp³-hybridized carbons (Fsp3) is 0.600. The number of carbonyl (C=O) groups excluding carboxylic acids is 1. The van der Waals surface area contributed by atoms with Gasteiger partial charge in [0.1, 0.15) is 5.75 Å². The van der Waals surface area contributed by atoms with Crippen LogP contribution in [-0.4, -0.2) is 56.6 Å². The number of guanidine groups is 1. The van der Waals surface area contributed by atoms with Gasteiger partial charge in [0.15, 0.2) is 5.96 Å². The first-order valence-corrected chi connectivity index (χ1v) is 9.46. The smallest absolute Gasteiger partial charge is 0.221 e. The fourth-order valence-electron chi connectivity index (χ4n) is 3.17. The molecule has 0 spiro atoms. The van der Waals surface area contributed by atoms with Gasteiger partial charge in [-0.3, -0.25) is 9.79 Å². The summed E-state index contributed by atoms with van der Waals surface area (Å²) in [6.45, 7) is 6.59. The second-order valence-electron chi connectivity index (χ2n) is 6.81. The summed E-state index contributed by atoms with van der Waals surface area (Å²) in [4.78, 5) is 18.5. The lowest BCUT2D eigenvalue weighted by Gasteiger charge is -2.22. The summed E-state index contributed by atoms with van der Waals surface area (Å²) >= 11 is 0. The van der Waals surface area contributed by atoms with Crippen LogP contribution in [0.1, 0.15) is 44.6 Å². The largest absolute Gasteiger partial charge is 0.497 e. The Morgan fingerprint density at radius 3 is 2.67 bits per heavy atom. The van der Waals surface area contributed by atoms with Crippen LogP contribution in [0.3, 0.4) is 0 Å². The van der Waals surface area contributed by atoms with Gasteiger partial charge in [0.05, 0.1) is 7.11 Å². The van der Waals surface area contributed by atoms with Crippen LogP contribution >= 0.6 is 24.0 Å². The quantitative estimate of drug-likeness (QED) is 0.352. The number of carbonyl (C=O) groups is 1. The summed E-state index contributed by atoms with van der Waals surface area (Å²) in [5.74, 6) is 2.34. The molecule has 1 aliphatic rings. The van der Waals surface area contributed by atoms with Gasteiger partial charge in [0.2, 0.25) is 5.91 Å². The maximum Gasteiger partial charge on any atom is 0.221 e. The van der Waals surface area contributed by atoms with Crippen LogP contribution in [0.25, 0.3) is 0 Å². The van der Waals surface area contributed by atoms with Crippen LogP contribution in [-0.2, 0) is 4.79 Å². The van der Waals surface area contributed by atoms with Gasteiger partial charge in [-0.2, -0.15) is 0 Å². The summed E-state index contributed by atoms with van der Waals surface area (Å²) in [5, 5.41) is 6.30. The van der Waals surface area contributed by atoms with E-state index in [0.29, 0.717) is 18.9 Å². The van der Waals surface area contributed by atoms with Crippen LogP contribution in [0.5, 0.6) is 5.75 Å². The molecule has 2 rings (SSSR count). The lowest BCUT2D eigenvalue weighted by molar-refractivity contribution is -0.121. The maximum atomic E-state index is 11.9. The normalized spacial score (nSPS) is 17.9. The van der Waals surface area contributed by atoms with Crippen molar-refractivity contribution in [1.82, 2.24) is 15.5 Å². The van der Waals surface area contributed by atoms with Gasteiger partial charge < -0.3 is 20.3 Å². The third-order valence-electron chi connectivity index (χ3n) is 4.94. The number of halogens is 1. The van der Waals surface area contributed by atoms with Crippen LogP contribution in [0.15, 0.2) is 29.3 Å². The van der Waals surface area contributed by atoms with Crippen LogP contribution in [0.2, 0.25) is 0 Å². The molecule has 1 heterocycles. The standard InChI is InChI=1S/C20H32N4O2.HI/c1-5-15(2)23-19(25)10-12-22-20(21-3)24-13-11-17(14-24)16-6-8-18(26-4)9-7-16;/h6-9,15,17H,5,10-14H2,1-4H3,(H,21,22)(H,23,25);1H. The minimum Gasteiger partial charge on any atom is -0.497 e. The van der Waals surface area contributed by atoms with Crippen molar-refractivity contribution in [2.45, 2.75) is 45.1 Å². The predicted molar refractivity (Wildman–Crippen MR) is 121 cm³/mol. The molecule has 1 aliphatic heterocycles. The zero-order chi connectivity index (χ0) is 18.9. The van der Waals surface area contributed by atoms with E-state index in [1.54, 1.807) is 14.2 Å². The first-order valence-electron chi connectivity index (χ1n) is 9.46. The summed E-state index contributed by atoms with van der Waals surface area (Å²) in [6, 6.07) is 8.54. The molecule has 27 heavy (non-hydrogen) atoms. The average molecular weight is 488 g/mol. The molecule has 1 saturated heterocycles. The molecule has 2 unspecified atom stereocenters. The van der Waals surface area contributed by atoms with Crippen molar-refractivity contribution in [3.63, 3.8) is 0 Å². The Bertz CT molecular complexity index is 607. The molecule has 2 N–H and O–H groups in total. The lowest BCUT2D eigenvalue weighted by atomic mass is 9.98. The monoisotopic (exact) mass is 488 g/mol. The van der Waals surface area contributed by atoms with E-state index in [0.717, 1.165) is 37.6 Å². The fourth-order valence-corrected chi connectivity index (χ4v) is 3.17. The van der Waals surface area contributed by atoms with Crippen molar-refractivity contribution < 1.29 is 9.53 Å². The summed E-state index contributed by atoms with van der Waals surface area (Å²) in [5.41, 5.74) is 1.33. The zero-order valence-corrected chi connectivity index (χ0v) is 19.2. The number of likely N-dealkylation sites (tertiary alicyclic amines) is 1. The maximum absolute atomic E-state index is 11.9. The van der Waals surface area contributed by atoms with E-state index in [2.05, 4.69) is 39.6 Å². The highest BCUT2D eigenvalue weighted by atomic mass is 127. The number of ether oxygens (including phenoxy) is 1. The third kappa shape index (κ3) is 7.20. The summed E-state index contributed by atoms with van der Waals surface area (Å²) < 4.78 is 5.23. The van der Waals surface area contributed by atoms with Crippen LogP contribution in [0.4, 0.5) is 0 Å². The lowest BCUT2D eigenvalue weighted by Crippen LogP contribution is -2.42. The molecule has 0 bridgehead atoms. The van der Waals surface area contributed by atoms with E-state index >= 15 is 0 Å². The molecule has 0 radical (unpaired) electrons. The number of benzene rings is 1. The van der Waals surface area contributed by atoms with E-state index in [1.165, 1.54) is 5.56 Å². The van der Waals surface area contributed by atoms with Gasteiger partial charge in [0.25, 0.3) is 0 Å². The Hall–Kier alpha value is -1.51. The highest BCUT2D eigenvalue weighted by molar-refractivity contribution is 14.0. The van der Waals surface area contributed by atoms with Crippen molar-refractivity contribution in [2.24, 2.45) is 4.99 Å². The van der Waals surface area contributed by atoms with E-state index in [4.69, 9.17) is 4.74 Å². The molecule has 0 aliphatic carbocycles. The second-order valence-corrected chi connectivity index (χ2v) is 6.81. The van der Waals surface area contributed by atoms with Crippen molar-refractivity contribution in [2.75, 3.05) is 33.8 Å². The zero-order valence-electron chi connectivity index (χ0n) is 16.8. The second kappa shape index (κ2) is 12.0. The van der Waals surface area contributed by atoms with Gasteiger partial charge in [-0.1, -0.05) is 19.1 Å². The first-order chi connectivity index (χ1) is 12.6. The van der Waals surface area contributed by atoms with Gasteiger partial charge in [0, 0.05) is 45.1 Å². The average Bonchev–Trinajstić information content (AvgIpc) is 3.15. The van der Waals surface area contributed by atoms with Crippen molar-refractivity contribution in [3.8, 4) is 5.75 Å². The molecule has 2 atom stereocenters. The van der Waals surface area contributed by atoms with Crippen molar-refractivity contribution >= 4 is 35.8 Å². The molecular formula is C20H33IN4O2. The van der Waals surface area contributed by atoms with E-state index in [9.17, 15) is 4.79 Å². The number of aliphatic imine (C=N–C) groups is 1. The number of amides is 1. The molecule has 1 fully saturated rings. The number of hydrogen-bond acceptors (Lipinski definition) is 3. The minimum absolute atomic E-state index is 0. The Kier molecular flexibility index (Phi) is 10.5. The van der Waals surface area contributed by atoms with Gasteiger partial charge in [-0.05, 0) is 37.5 Å². The summed E-state index contributed by atoms with van der Waals surface area (Å²) in [6.07, 6.45) is 2.50. The van der Waals surface area contributed by atoms with Crippen molar-refractivity contribution in [1.29, 1.82) is 0 Å². The Balaban J connectivity index is 0.00000364. The molecule has 0 aromatic heterocycles. The predicted octanol–water partition coefficient (Wildman–Crippen LogP) is 2.98. The van der Waals surface area contributed by atoms with E-state index in [1.807, 2.05) is 19.1 Å². The number of nitrogens with zero attached hydrogens (tertiary/aromatic N) is 2. The Morgan fingerprint density at radius 2 is 2.07 bits per heavy atom. The van der Waals surface area contributed by atoms with Gasteiger partial charge in [-0.15, -0.1) is 24.0 Å². The molecule has 1 amide bonds. The molecule has 152 valence electrons. The molecular weight excluding hydrogens is 455 g/mol.